The summed E-state index contributed by atoms with van der Waals surface area (Å²) in [5, 5.41) is 0.724. The second-order valence-corrected chi connectivity index (χ2v) is 4.97. The zero-order chi connectivity index (χ0) is 14.5. The highest BCUT2D eigenvalue weighted by Gasteiger charge is 2.20. The number of carbonyl (C=O) groups is 1. The highest BCUT2D eigenvalue weighted by atomic mass is 32.1. The molecule has 0 atom stereocenters. The largest absolute Gasteiger partial charge is 0.480 e. The Morgan fingerprint density at radius 3 is 2.85 bits per heavy atom. The van der Waals surface area contributed by atoms with E-state index in [4.69, 9.17) is 9.47 Å². The number of thiazole rings is 1. The molecule has 2 heterocycles. The Hall–Kier alpha value is -1.95. The molecule has 0 aliphatic carbocycles. The monoisotopic (exact) mass is 292 g/mol. The average molecular weight is 292 g/mol. The van der Waals surface area contributed by atoms with E-state index in [2.05, 4.69) is 9.97 Å². The van der Waals surface area contributed by atoms with Gasteiger partial charge in [0.1, 0.15) is 5.01 Å². The molecule has 0 N–H and O–H groups in total. The van der Waals surface area contributed by atoms with Crippen molar-refractivity contribution in [3.8, 4) is 16.5 Å². The van der Waals surface area contributed by atoms with Gasteiger partial charge in [0.15, 0.2) is 4.88 Å². The van der Waals surface area contributed by atoms with Crippen LogP contribution >= 0.6 is 11.3 Å². The highest BCUT2D eigenvalue weighted by Crippen LogP contribution is 2.33. The predicted molar refractivity (Wildman–Crippen MR) is 77.2 cm³/mol. The van der Waals surface area contributed by atoms with Gasteiger partial charge in [-0.1, -0.05) is 6.92 Å². The van der Waals surface area contributed by atoms with Gasteiger partial charge in [-0.15, -0.1) is 11.3 Å². The summed E-state index contributed by atoms with van der Waals surface area (Å²) < 4.78 is 10.2. The smallest absolute Gasteiger partial charge is 0.354 e. The first-order valence-electron chi connectivity index (χ1n) is 6.36. The number of aromatic nitrogens is 2. The highest BCUT2D eigenvalue weighted by molar-refractivity contribution is 7.17. The Bertz CT molecular complexity index is 610. The van der Waals surface area contributed by atoms with Crippen molar-refractivity contribution in [1.29, 1.82) is 0 Å². The topological polar surface area (TPSA) is 61.3 Å². The Kier molecular flexibility index (Phi) is 4.68. The fraction of sp³-hybridized carbons (Fsp3) is 0.357. The second-order valence-electron chi connectivity index (χ2n) is 3.97. The van der Waals surface area contributed by atoms with Crippen molar-refractivity contribution in [3.05, 3.63) is 28.9 Å². The predicted octanol–water partition coefficient (Wildman–Crippen LogP) is 2.95. The normalized spacial score (nSPS) is 10.3. The van der Waals surface area contributed by atoms with Crippen LogP contribution in [0.5, 0.6) is 5.88 Å². The standard InChI is InChI=1S/C14H16N2O3S/c1-4-10-8-9(6-7-15-10)13-16-12(18-3)11(20-13)14(17)19-5-2/h6-8H,4-5H2,1-3H3. The van der Waals surface area contributed by atoms with E-state index in [0.29, 0.717) is 17.4 Å². The minimum absolute atomic E-state index is 0.304. The summed E-state index contributed by atoms with van der Waals surface area (Å²) in [5.41, 5.74) is 1.91. The first-order valence-corrected chi connectivity index (χ1v) is 7.18. The van der Waals surface area contributed by atoms with Gasteiger partial charge in [-0.2, -0.15) is 0 Å². The van der Waals surface area contributed by atoms with Crippen molar-refractivity contribution >= 4 is 17.3 Å². The molecule has 0 aliphatic rings. The molecule has 106 valence electrons. The molecule has 0 bridgehead atoms. The molecule has 0 aliphatic heterocycles. The van der Waals surface area contributed by atoms with Gasteiger partial charge in [0.2, 0.25) is 5.88 Å². The molecule has 0 saturated carbocycles. The molecule has 5 nitrogen and oxygen atoms in total. The molecule has 0 radical (unpaired) electrons. The third-order valence-electron chi connectivity index (χ3n) is 2.68. The zero-order valence-electron chi connectivity index (χ0n) is 11.7. The number of pyridine rings is 1. The fourth-order valence-electron chi connectivity index (χ4n) is 1.70. The maximum Gasteiger partial charge on any atom is 0.354 e. The maximum absolute atomic E-state index is 11.8. The molecule has 0 saturated heterocycles. The van der Waals surface area contributed by atoms with E-state index in [1.165, 1.54) is 18.4 Å². The van der Waals surface area contributed by atoms with Crippen molar-refractivity contribution in [2.75, 3.05) is 13.7 Å². The van der Waals surface area contributed by atoms with Crippen molar-refractivity contribution in [2.45, 2.75) is 20.3 Å². The molecule has 2 rings (SSSR count). The molecule has 2 aromatic rings. The van der Waals surface area contributed by atoms with Crippen LogP contribution in [0.3, 0.4) is 0 Å². The molecule has 6 heteroatoms. The van der Waals surface area contributed by atoms with Crippen LogP contribution in [-0.2, 0) is 11.2 Å². The Morgan fingerprint density at radius 2 is 2.20 bits per heavy atom. The van der Waals surface area contributed by atoms with Gasteiger partial charge in [-0.25, -0.2) is 9.78 Å². The Labute approximate surface area is 121 Å². The maximum atomic E-state index is 11.8. The Balaban J connectivity index is 2.40. The van der Waals surface area contributed by atoms with Crippen LogP contribution in [0.1, 0.15) is 29.2 Å². The van der Waals surface area contributed by atoms with Gasteiger partial charge < -0.3 is 9.47 Å². The molecule has 0 amide bonds. The summed E-state index contributed by atoms with van der Waals surface area (Å²) in [6.45, 7) is 4.13. The third-order valence-corrected chi connectivity index (χ3v) is 3.74. The summed E-state index contributed by atoms with van der Waals surface area (Å²) in [6.07, 6.45) is 2.59. The molecular weight excluding hydrogens is 276 g/mol. The first-order chi connectivity index (χ1) is 9.69. The number of ether oxygens (including phenoxy) is 2. The van der Waals surface area contributed by atoms with Gasteiger partial charge in [0.05, 0.1) is 13.7 Å². The van der Waals surface area contributed by atoms with Crippen LogP contribution in [0.4, 0.5) is 0 Å². The first kappa shape index (κ1) is 14.5. The minimum atomic E-state index is -0.405. The molecule has 2 aromatic heterocycles. The molecule has 0 unspecified atom stereocenters. The zero-order valence-corrected chi connectivity index (χ0v) is 12.5. The van der Waals surface area contributed by atoms with E-state index in [1.54, 1.807) is 13.1 Å². The minimum Gasteiger partial charge on any atom is -0.480 e. The number of rotatable bonds is 5. The number of hydrogen-bond donors (Lipinski definition) is 0. The van der Waals surface area contributed by atoms with Crippen molar-refractivity contribution in [3.63, 3.8) is 0 Å². The van der Waals surface area contributed by atoms with Gasteiger partial charge in [-0.05, 0) is 25.5 Å². The number of aryl methyl sites for hydroxylation is 1. The number of nitrogens with zero attached hydrogens (tertiary/aromatic N) is 2. The summed E-state index contributed by atoms with van der Waals surface area (Å²) in [7, 11) is 1.49. The van der Waals surface area contributed by atoms with Crippen molar-refractivity contribution < 1.29 is 14.3 Å². The number of carbonyl (C=O) groups excluding carboxylic acids is 1. The number of esters is 1. The van der Waals surface area contributed by atoms with E-state index < -0.39 is 5.97 Å². The summed E-state index contributed by atoms with van der Waals surface area (Å²) in [4.78, 5) is 20.8. The average Bonchev–Trinajstić information content (AvgIpc) is 2.92. The lowest BCUT2D eigenvalue weighted by atomic mass is 10.2. The van der Waals surface area contributed by atoms with Crippen LogP contribution in [0, 0.1) is 0 Å². The SMILES string of the molecule is CCOC(=O)c1sc(-c2ccnc(CC)c2)nc1OC. The van der Waals surface area contributed by atoms with Crippen molar-refractivity contribution in [1.82, 2.24) is 9.97 Å². The van der Waals surface area contributed by atoms with E-state index in [0.717, 1.165) is 22.7 Å². The van der Waals surface area contributed by atoms with E-state index >= 15 is 0 Å². The molecular formula is C14H16N2O3S. The fourth-order valence-corrected chi connectivity index (χ4v) is 2.62. The van der Waals surface area contributed by atoms with Crippen LogP contribution in [-0.4, -0.2) is 29.7 Å². The third kappa shape index (κ3) is 2.96. The van der Waals surface area contributed by atoms with Crippen molar-refractivity contribution in [2.24, 2.45) is 0 Å². The lowest BCUT2D eigenvalue weighted by Gasteiger charge is -1.99. The van der Waals surface area contributed by atoms with Crippen LogP contribution < -0.4 is 4.74 Å². The van der Waals surface area contributed by atoms with Crippen LogP contribution in [0.2, 0.25) is 0 Å². The van der Waals surface area contributed by atoms with Crippen LogP contribution in [0.15, 0.2) is 18.3 Å². The van der Waals surface area contributed by atoms with Gasteiger partial charge >= 0.3 is 5.97 Å². The van der Waals surface area contributed by atoms with E-state index in [1.807, 2.05) is 19.1 Å². The second kappa shape index (κ2) is 6.47. The van der Waals surface area contributed by atoms with Gasteiger partial charge in [0, 0.05) is 17.5 Å². The van der Waals surface area contributed by atoms with E-state index in [9.17, 15) is 4.79 Å². The number of methoxy groups -OCH3 is 1. The van der Waals surface area contributed by atoms with E-state index in [-0.39, 0.29) is 0 Å². The molecule has 0 fully saturated rings. The molecule has 0 aromatic carbocycles. The quantitative estimate of drug-likeness (QED) is 0.793. The Morgan fingerprint density at radius 1 is 1.40 bits per heavy atom. The lowest BCUT2D eigenvalue weighted by Crippen LogP contribution is -2.04. The molecule has 0 spiro atoms. The van der Waals surface area contributed by atoms with Gasteiger partial charge in [0.25, 0.3) is 0 Å². The molecule has 20 heavy (non-hydrogen) atoms. The van der Waals surface area contributed by atoms with Crippen LogP contribution in [0.25, 0.3) is 10.6 Å². The summed E-state index contributed by atoms with van der Waals surface area (Å²) in [6, 6.07) is 3.83. The number of hydrogen-bond acceptors (Lipinski definition) is 6. The lowest BCUT2D eigenvalue weighted by molar-refractivity contribution is 0.0528. The summed E-state index contributed by atoms with van der Waals surface area (Å²) >= 11 is 1.27. The summed E-state index contributed by atoms with van der Waals surface area (Å²) in [5.74, 6) is -0.101. The van der Waals surface area contributed by atoms with Gasteiger partial charge in [-0.3, -0.25) is 4.98 Å².